The van der Waals surface area contributed by atoms with Gasteiger partial charge in [0.1, 0.15) is 17.4 Å². The molecule has 36 heavy (non-hydrogen) atoms. The van der Waals surface area contributed by atoms with Crippen LogP contribution in [0.1, 0.15) is 36.1 Å². The molecule has 3 heterocycles. The number of amides is 2. The van der Waals surface area contributed by atoms with E-state index in [0.717, 1.165) is 40.7 Å². The van der Waals surface area contributed by atoms with Crippen LogP contribution >= 0.6 is 0 Å². The molecular weight excluding hydrogens is 456 g/mol. The molecule has 2 amide bonds. The number of rotatable bonds is 4. The maximum atomic E-state index is 13.4. The van der Waals surface area contributed by atoms with Gasteiger partial charge in [0.15, 0.2) is 6.19 Å². The van der Waals surface area contributed by atoms with Crippen LogP contribution < -0.4 is 10.6 Å². The van der Waals surface area contributed by atoms with Gasteiger partial charge in [0.2, 0.25) is 17.8 Å². The van der Waals surface area contributed by atoms with E-state index in [-0.39, 0.29) is 24.3 Å². The first-order valence-corrected chi connectivity index (χ1v) is 12.1. The second kappa shape index (κ2) is 10.1. The van der Waals surface area contributed by atoms with Crippen LogP contribution in [-0.4, -0.2) is 46.7 Å². The highest BCUT2D eigenvalue weighted by molar-refractivity contribution is 5.98. The Morgan fingerprint density at radius 3 is 2.69 bits per heavy atom. The van der Waals surface area contributed by atoms with Crippen molar-refractivity contribution in [1.82, 2.24) is 15.1 Å². The molecule has 0 bridgehead atoms. The van der Waals surface area contributed by atoms with Crippen LogP contribution in [0.3, 0.4) is 0 Å². The molecule has 1 atom stereocenters. The lowest BCUT2D eigenvalue weighted by molar-refractivity contribution is -0.141. The minimum absolute atomic E-state index is 0.0315. The molecule has 0 saturated carbocycles. The van der Waals surface area contributed by atoms with Crippen molar-refractivity contribution in [3.63, 3.8) is 0 Å². The van der Waals surface area contributed by atoms with E-state index >= 15 is 0 Å². The number of aliphatic imine (C=N–C) groups is 1. The fourth-order valence-electron chi connectivity index (χ4n) is 4.83. The maximum Gasteiger partial charge on any atom is 0.247 e. The molecule has 1 fully saturated rings. The van der Waals surface area contributed by atoms with E-state index in [1.54, 1.807) is 9.80 Å². The fraction of sp³-hybridized carbons (Fsp3) is 0.333. The minimum Gasteiger partial charge on any atom is -0.461 e. The second-order valence-corrected chi connectivity index (χ2v) is 9.24. The predicted octanol–water partition coefficient (Wildman–Crippen LogP) is 3.50. The highest BCUT2D eigenvalue weighted by atomic mass is 16.3. The fourth-order valence-corrected chi connectivity index (χ4v) is 4.83. The zero-order valence-corrected chi connectivity index (χ0v) is 20.2. The van der Waals surface area contributed by atoms with Crippen molar-refractivity contribution >= 4 is 34.4 Å². The number of carbonyl (C=O) groups is 2. The standard InChI is InChI=1S/C27H28N6O3/c1-18-12-21-13-22(9-10-24(21)36-18)30-27(29-17-28)31-23-8-4-5-11-32(26(23)35)16-25(34)33-14-19-6-2-3-7-20(19)15-33/h2-3,6-7,9-10,12-13,23H,4-5,8,11,14-16H2,1H3,(H2,29,30,31). The Kier molecular flexibility index (Phi) is 6.58. The number of aryl methyl sites for hydroxylation is 1. The predicted molar refractivity (Wildman–Crippen MR) is 136 cm³/mol. The van der Waals surface area contributed by atoms with Gasteiger partial charge >= 0.3 is 0 Å². The van der Waals surface area contributed by atoms with Gasteiger partial charge in [-0.1, -0.05) is 24.3 Å². The number of likely N-dealkylation sites (tertiary alicyclic amines) is 1. The van der Waals surface area contributed by atoms with Crippen LogP contribution in [0.2, 0.25) is 0 Å². The number of guanidine groups is 1. The molecule has 2 aromatic carbocycles. The average Bonchev–Trinajstić information content (AvgIpc) is 3.42. The first-order chi connectivity index (χ1) is 17.5. The first-order valence-electron chi connectivity index (χ1n) is 12.1. The molecule has 3 aromatic rings. The van der Waals surface area contributed by atoms with Gasteiger partial charge in [0, 0.05) is 30.7 Å². The summed E-state index contributed by atoms with van der Waals surface area (Å²) in [6.07, 6.45) is 4.05. The summed E-state index contributed by atoms with van der Waals surface area (Å²) in [4.78, 5) is 34.4. The Hall–Kier alpha value is -4.32. The molecule has 2 aliphatic heterocycles. The summed E-state index contributed by atoms with van der Waals surface area (Å²) in [5, 5.41) is 15.9. The van der Waals surface area contributed by atoms with Crippen molar-refractivity contribution in [1.29, 1.82) is 5.26 Å². The lowest BCUT2D eigenvalue weighted by Gasteiger charge is -2.25. The van der Waals surface area contributed by atoms with Crippen LogP contribution in [-0.2, 0) is 22.7 Å². The number of fused-ring (bicyclic) bond motifs is 2. The summed E-state index contributed by atoms with van der Waals surface area (Å²) in [5.41, 5.74) is 3.78. The van der Waals surface area contributed by atoms with E-state index in [4.69, 9.17) is 4.42 Å². The third kappa shape index (κ3) is 5.03. The van der Waals surface area contributed by atoms with Gasteiger partial charge in [-0.15, -0.1) is 0 Å². The van der Waals surface area contributed by atoms with Crippen LogP contribution in [0, 0.1) is 18.4 Å². The largest absolute Gasteiger partial charge is 0.461 e. The Balaban J connectivity index is 1.29. The Labute approximate surface area is 209 Å². The Morgan fingerprint density at radius 1 is 1.17 bits per heavy atom. The summed E-state index contributed by atoms with van der Waals surface area (Å²) < 4.78 is 5.62. The summed E-state index contributed by atoms with van der Waals surface area (Å²) in [6.45, 7) is 3.57. The van der Waals surface area contributed by atoms with Crippen LogP contribution in [0.5, 0.6) is 0 Å². The molecule has 0 aliphatic carbocycles. The molecule has 9 heteroatoms. The van der Waals surface area contributed by atoms with E-state index in [2.05, 4.69) is 15.6 Å². The topological polar surface area (TPSA) is 114 Å². The molecule has 1 saturated heterocycles. The summed E-state index contributed by atoms with van der Waals surface area (Å²) in [6, 6.07) is 14.8. The average molecular weight is 485 g/mol. The molecule has 9 nitrogen and oxygen atoms in total. The van der Waals surface area contributed by atoms with E-state index in [0.29, 0.717) is 31.7 Å². The molecule has 1 unspecified atom stereocenters. The lowest BCUT2D eigenvalue weighted by atomic mass is 10.1. The van der Waals surface area contributed by atoms with Crippen LogP contribution in [0.15, 0.2) is 57.9 Å². The van der Waals surface area contributed by atoms with Gasteiger partial charge < -0.3 is 19.5 Å². The normalized spacial score (nSPS) is 18.1. The molecule has 5 rings (SSSR count). The quantitative estimate of drug-likeness (QED) is 0.254. The van der Waals surface area contributed by atoms with Crippen molar-refractivity contribution in [2.45, 2.75) is 45.3 Å². The number of hydrogen-bond donors (Lipinski definition) is 2. The van der Waals surface area contributed by atoms with Crippen molar-refractivity contribution < 1.29 is 14.0 Å². The first kappa shape index (κ1) is 23.4. The van der Waals surface area contributed by atoms with Gasteiger partial charge in [-0.05, 0) is 61.6 Å². The van der Waals surface area contributed by atoms with Crippen molar-refractivity contribution in [3.8, 4) is 6.19 Å². The number of furan rings is 1. The molecule has 2 aliphatic rings. The van der Waals surface area contributed by atoms with E-state index in [1.165, 1.54) is 0 Å². The number of nitriles is 1. The SMILES string of the molecule is Cc1cc2cc(NC(=NC3CCCCN(CC(=O)N4Cc5ccccc5C4)C3=O)NC#N)ccc2o1. The second-order valence-electron chi connectivity index (χ2n) is 9.24. The summed E-state index contributed by atoms with van der Waals surface area (Å²) >= 11 is 0. The molecule has 2 N–H and O–H groups in total. The maximum absolute atomic E-state index is 13.4. The number of nitrogens with zero attached hydrogens (tertiary/aromatic N) is 4. The van der Waals surface area contributed by atoms with Crippen LogP contribution in [0.25, 0.3) is 11.0 Å². The number of nitrogens with one attached hydrogen (secondary N) is 2. The van der Waals surface area contributed by atoms with E-state index in [1.807, 2.05) is 61.6 Å². The highest BCUT2D eigenvalue weighted by Crippen LogP contribution is 2.24. The van der Waals surface area contributed by atoms with Crippen molar-refractivity contribution in [2.24, 2.45) is 4.99 Å². The van der Waals surface area contributed by atoms with Crippen molar-refractivity contribution in [3.05, 3.63) is 65.4 Å². The number of benzene rings is 2. The lowest BCUT2D eigenvalue weighted by Crippen LogP contribution is -2.44. The smallest absolute Gasteiger partial charge is 0.247 e. The van der Waals surface area contributed by atoms with Gasteiger partial charge in [0.25, 0.3) is 0 Å². The third-order valence-electron chi connectivity index (χ3n) is 6.63. The molecule has 1 aromatic heterocycles. The van der Waals surface area contributed by atoms with Gasteiger partial charge in [0.05, 0.1) is 6.54 Å². The van der Waals surface area contributed by atoms with Gasteiger partial charge in [-0.3, -0.25) is 14.9 Å². The number of anilines is 1. The monoisotopic (exact) mass is 484 g/mol. The Bertz CT molecular complexity index is 1350. The van der Waals surface area contributed by atoms with Crippen molar-refractivity contribution in [2.75, 3.05) is 18.4 Å². The van der Waals surface area contributed by atoms with E-state index in [9.17, 15) is 14.9 Å². The third-order valence-corrected chi connectivity index (χ3v) is 6.63. The number of hydrogen-bond acceptors (Lipinski definition) is 5. The molecule has 0 spiro atoms. The zero-order chi connectivity index (χ0) is 25.1. The Morgan fingerprint density at radius 2 is 1.94 bits per heavy atom. The summed E-state index contributed by atoms with van der Waals surface area (Å²) in [5.74, 6) is 0.736. The minimum atomic E-state index is -0.681. The van der Waals surface area contributed by atoms with E-state index < -0.39 is 6.04 Å². The summed E-state index contributed by atoms with van der Waals surface area (Å²) in [7, 11) is 0. The molecule has 0 radical (unpaired) electrons. The van der Waals surface area contributed by atoms with Gasteiger partial charge in [-0.25, -0.2) is 4.99 Å². The highest BCUT2D eigenvalue weighted by Gasteiger charge is 2.31. The molecular formula is C27H28N6O3. The van der Waals surface area contributed by atoms with Crippen LogP contribution in [0.4, 0.5) is 5.69 Å². The van der Waals surface area contributed by atoms with Gasteiger partial charge in [-0.2, -0.15) is 5.26 Å². The zero-order valence-electron chi connectivity index (χ0n) is 20.2. The molecule has 184 valence electrons. The number of carbonyl (C=O) groups excluding carboxylic acids is 2.